The third-order valence-electron chi connectivity index (χ3n) is 3.21. The third kappa shape index (κ3) is 3.44. The van der Waals surface area contributed by atoms with Gasteiger partial charge in [0.25, 0.3) is 0 Å². The standard InChI is InChI=1S/C14H14F2N6OS/c1-7(5-23)17-12-11-13(21-22-20-11)19-14(18-12)24-6-8-3-2-4-9(15)10(8)16/h2-4,7,23H,5-6H2,1H3,(H2,17,18,19,20,21,22)/t7-/m1/s1. The SMILES string of the molecule is C[C@H](CO)Nc1nc(SCc2cccc(F)c2F)nc2n[nH]nc12. The Morgan fingerprint density at radius 3 is 2.92 bits per heavy atom. The zero-order valence-electron chi connectivity index (χ0n) is 12.6. The quantitative estimate of drug-likeness (QED) is 0.461. The number of thioether (sulfide) groups is 1. The van der Waals surface area contributed by atoms with Crippen molar-refractivity contribution >= 4 is 28.7 Å². The molecule has 10 heteroatoms. The normalized spacial score (nSPS) is 12.5. The number of nitrogens with one attached hydrogen (secondary N) is 2. The fraction of sp³-hybridized carbons (Fsp3) is 0.286. The smallest absolute Gasteiger partial charge is 0.207 e. The van der Waals surface area contributed by atoms with E-state index in [1.165, 1.54) is 12.1 Å². The van der Waals surface area contributed by atoms with Gasteiger partial charge in [-0.25, -0.2) is 13.8 Å². The van der Waals surface area contributed by atoms with Crippen LogP contribution in [0, 0.1) is 11.6 Å². The number of halogens is 2. The summed E-state index contributed by atoms with van der Waals surface area (Å²) < 4.78 is 27.0. The highest BCUT2D eigenvalue weighted by Gasteiger charge is 2.15. The minimum absolute atomic E-state index is 0.0830. The zero-order valence-corrected chi connectivity index (χ0v) is 13.4. The summed E-state index contributed by atoms with van der Waals surface area (Å²) in [5.74, 6) is -1.18. The molecule has 0 fully saturated rings. The van der Waals surface area contributed by atoms with Crippen molar-refractivity contribution in [2.45, 2.75) is 23.9 Å². The van der Waals surface area contributed by atoms with E-state index < -0.39 is 11.6 Å². The van der Waals surface area contributed by atoms with Crippen molar-refractivity contribution in [3.63, 3.8) is 0 Å². The van der Waals surface area contributed by atoms with Crippen molar-refractivity contribution in [1.29, 1.82) is 0 Å². The number of hydrogen-bond donors (Lipinski definition) is 3. The molecule has 0 aliphatic carbocycles. The molecule has 24 heavy (non-hydrogen) atoms. The van der Waals surface area contributed by atoms with Crippen LogP contribution in [-0.2, 0) is 5.75 Å². The summed E-state index contributed by atoms with van der Waals surface area (Å²) in [5, 5.41) is 22.9. The molecule has 3 N–H and O–H groups in total. The number of aromatic amines is 1. The maximum atomic E-state index is 13.7. The minimum Gasteiger partial charge on any atom is -0.394 e. The van der Waals surface area contributed by atoms with E-state index in [0.717, 1.165) is 17.8 Å². The van der Waals surface area contributed by atoms with Gasteiger partial charge < -0.3 is 10.4 Å². The molecule has 126 valence electrons. The van der Waals surface area contributed by atoms with E-state index in [-0.39, 0.29) is 24.0 Å². The number of aliphatic hydroxyl groups is 1. The van der Waals surface area contributed by atoms with Crippen LogP contribution < -0.4 is 5.32 Å². The highest BCUT2D eigenvalue weighted by atomic mass is 32.2. The summed E-state index contributed by atoms with van der Waals surface area (Å²) >= 11 is 1.15. The van der Waals surface area contributed by atoms with Crippen LogP contribution in [0.5, 0.6) is 0 Å². The summed E-state index contributed by atoms with van der Waals surface area (Å²) in [7, 11) is 0. The lowest BCUT2D eigenvalue weighted by molar-refractivity contribution is 0.281. The average Bonchev–Trinajstić information content (AvgIpc) is 3.05. The predicted octanol–water partition coefficient (Wildman–Crippen LogP) is 2.11. The van der Waals surface area contributed by atoms with Crippen LogP contribution in [0.1, 0.15) is 12.5 Å². The van der Waals surface area contributed by atoms with Crippen molar-refractivity contribution in [3.8, 4) is 0 Å². The van der Waals surface area contributed by atoms with Gasteiger partial charge in [0.2, 0.25) is 5.65 Å². The summed E-state index contributed by atoms with van der Waals surface area (Å²) in [4.78, 5) is 8.54. The fourth-order valence-electron chi connectivity index (χ4n) is 1.97. The van der Waals surface area contributed by atoms with E-state index >= 15 is 0 Å². The first-order valence-electron chi connectivity index (χ1n) is 7.10. The average molecular weight is 352 g/mol. The van der Waals surface area contributed by atoms with Crippen LogP contribution in [-0.4, -0.2) is 43.1 Å². The monoisotopic (exact) mass is 352 g/mol. The van der Waals surface area contributed by atoms with E-state index in [1.54, 1.807) is 6.92 Å². The molecule has 0 amide bonds. The largest absolute Gasteiger partial charge is 0.394 e. The molecule has 0 aliphatic rings. The summed E-state index contributed by atoms with van der Waals surface area (Å²) in [6.45, 7) is 1.70. The number of benzene rings is 1. The molecule has 0 saturated heterocycles. The van der Waals surface area contributed by atoms with Crippen molar-refractivity contribution in [2.75, 3.05) is 11.9 Å². The molecule has 1 aromatic carbocycles. The van der Waals surface area contributed by atoms with Gasteiger partial charge in [-0.1, -0.05) is 23.9 Å². The minimum atomic E-state index is -0.889. The number of nitrogens with zero attached hydrogens (tertiary/aromatic N) is 4. The Balaban J connectivity index is 1.85. The Hall–Kier alpha value is -2.33. The lowest BCUT2D eigenvalue weighted by Crippen LogP contribution is -2.20. The molecule has 7 nitrogen and oxygen atoms in total. The first-order valence-corrected chi connectivity index (χ1v) is 8.08. The molecule has 3 aromatic rings. The van der Waals surface area contributed by atoms with Gasteiger partial charge in [0.15, 0.2) is 28.1 Å². The van der Waals surface area contributed by atoms with Crippen molar-refractivity contribution < 1.29 is 13.9 Å². The van der Waals surface area contributed by atoms with Gasteiger partial charge in [-0.15, -0.1) is 5.10 Å². The van der Waals surface area contributed by atoms with Gasteiger partial charge in [-0.05, 0) is 13.0 Å². The Kier molecular flexibility index (Phi) is 4.86. The highest BCUT2D eigenvalue weighted by Crippen LogP contribution is 2.26. The second kappa shape index (κ2) is 7.05. The maximum absolute atomic E-state index is 13.7. The Bertz CT molecular complexity index is 858. The summed E-state index contributed by atoms with van der Waals surface area (Å²) in [5.41, 5.74) is 1.01. The fourth-order valence-corrected chi connectivity index (χ4v) is 2.79. The molecule has 2 aromatic heterocycles. The first kappa shape index (κ1) is 16.5. The molecule has 0 aliphatic heterocycles. The van der Waals surface area contributed by atoms with Gasteiger partial charge in [0.05, 0.1) is 6.61 Å². The lowest BCUT2D eigenvalue weighted by atomic mass is 10.2. The van der Waals surface area contributed by atoms with Gasteiger partial charge in [-0.2, -0.15) is 15.3 Å². The molecule has 3 rings (SSSR count). The summed E-state index contributed by atoms with van der Waals surface area (Å²) in [6, 6.07) is 3.79. The molecule has 2 heterocycles. The number of rotatable bonds is 6. The molecule has 0 spiro atoms. The van der Waals surface area contributed by atoms with Crippen LogP contribution in [0.3, 0.4) is 0 Å². The lowest BCUT2D eigenvalue weighted by Gasteiger charge is -2.12. The van der Waals surface area contributed by atoms with Crippen molar-refractivity contribution in [2.24, 2.45) is 0 Å². The topological polar surface area (TPSA) is 99.6 Å². The second-order valence-electron chi connectivity index (χ2n) is 5.08. The molecule has 0 radical (unpaired) electrons. The maximum Gasteiger partial charge on any atom is 0.207 e. The number of aliphatic hydroxyl groups excluding tert-OH is 1. The van der Waals surface area contributed by atoms with Crippen LogP contribution >= 0.6 is 11.8 Å². The van der Waals surface area contributed by atoms with Crippen LogP contribution in [0.15, 0.2) is 23.4 Å². The van der Waals surface area contributed by atoms with E-state index in [1.807, 2.05) is 0 Å². The molecule has 1 atom stereocenters. The number of aromatic nitrogens is 5. The van der Waals surface area contributed by atoms with Gasteiger partial charge in [0.1, 0.15) is 0 Å². The third-order valence-corrected chi connectivity index (χ3v) is 4.10. The second-order valence-corrected chi connectivity index (χ2v) is 6.02. The Morgan fingerprint density at radius 1 is 1.29 bits per heavy atom. The summed E-state index contributed by atoms with van der Waals surface area (Å²) in [6.07, 6.45) is 0. The number of hydrogen-bond acceptors (Lipinski definition) is 7. The van der Waals surface area contributed by atoms with Crippen molar-refractivity contribution in [3.05, 3.63) is 35.4 Å². The molecular weight excluding hydrogens is 338 g/mol. The Morgan fingerprint density at radius 2 is 2.12 bits per heavy atom. The van der Waals surface area contributed by atoms with Crippen LogP contribution in [0.25, 0.3) is 11.2 Å². The van der Waals surface area contributed by atoms with Crippen LogP contribution in [0.4, 0.5) is 14.6 Å². The van der Waals surface area contributed by atoms with Gasteiger partial charge >= 0.3 is 0 Å². The zero-order chi connectivity index (χ0) is 17.1. The first-order chi connectivity index (χ1) is 11.6. The number of fused-ring (bicyclic) bond motifs is 1. The van der Waals surface area contributed by atoms with E-state index in [4.69, 9.17) is 5.11 Å². The Labute approximate surface area is 139 Å². The highest BCUT2D eigenvalue weighted by molar-refractivity contribution is 7.98. The van der Waals surface area contributed by atoms with E-state index in [9.17, 15) is 8.78 Å². The molecule has 0 unspecified atom stereocenters. The van der Waals surface area contributed by atoms with E-state index in [2.05, 4.69) is 30.7 Å². The molecular formula is C14H14F2N6OS. The van der Waals surface area contributed by atoms with Crippen LogP contribution in [0.2, 0.25) is 0 Å². The number of anilines is 1. The van der Waals surface area contributed by atoms with E-state index in [0.29, 0.717) is 22.1 Å². The van der Waals surface area contributed by atoms with Gasteiger partial charge in [-0.3, -0.25) is 0 Å². The predicted molar refractivity (Wildman–Crippen MR) is 85.6 cm³/mol. The molecule has 0 bridgehead atoms. The number of H-pyrrole nitrogens is 1. The van der Waals surface area contributed by atoms with Gasteiger partial charge in [0, 0.05) is 17.4 Å². The van der Waals surface area contributed by atoms with Crippen molar-refractivity contribution in [1.82, 2.24) is 25.4 Å². The molecule has 0 saturated carbocycles.